The van der Waals surface area contributed by atoms with Crippen molar-refractivity contribution in [2.45, 2.75) is 76.4 Å². The highest BCUT2D eigenvalue weighted by Crippen LogP contribution is 2.34. The Labute approximate surface area is 230 Å². The number of pyridine rings is 1. The predicted octanol–water partition coefficient (Wildman–Crippen LogP) is 4.79. The third-order valence-corrected chi connectivity index (χ3v) is 7.39. The molecule has 0 radical (unpaired) electrons. The van der Waals surface area contributed by atoms with Gasteiger partial charge in [-0.15, -0.1) is 0 Å². The first-order chi connectivity index (χ1) is 18.6. The highest BCUT2D eigenvalue weighted by atomic mass is 16.5. The normalized spacial score (nSPS) is 18.7. The van der Waals surface area contributed by atoms with E-state index in [1.807, 2.05) is 24.3 Å². The lowest BCUT2D eigenvalue weighted by atomic mass is 9.87. The average molecular weight is 531 g/mol. The minimum atomic E-state index is -1.01. The van der Waals surface area contributed by atoms with E-state index in [-0.39, 0.29) is 29.9 Å². The van der Waals surface area contributed by atoms with E-state index in [0.29, 0.717) is 11.3 Å². The maximum atomic E-state index is 14.4. The lowest BCUT2D eigenvalue weighted by Gasteiger charge is -2.35. The molecule has 39 heavy (non-hydrogen) atoms. The molecule has 1 N–H and O–H groups in total. The summed E-state index contributed by atoms with van der Waals surface area (Å²) in [6.45, 7) is 13.6. The molecular formula is C31H38N4O4. The lowest BCUT2D eigenvalue weighted by molar-refractivity contribution is -0.133. The lowest BCUT2D eigenvalue weighted by Crippen LogP contribution is -2.53. The minimum absolute atomic E-state index is 0.0408. The zero-order chi connectivity index (χ0) is 28.2. The van der Waals surface area contributed by atoms with Gasteiger partial charge in [-0.2, -0.15) is 0 Å². The number of nitrogens with zero attached hydrogens (tertiary/aromatic N) is 3. The van der Waals surface area contributed by atoms with Crippen LogP contribution in [0.5, 0.6) is 0 Å². The smallest absolute Gasteiger partial charge is 0.254 e. The van der Waals surface area contributed by atoms with E-state index in [0.717, 1.165) is 43.7 Å². The molecule has 4 rings (SSSR count). The first kappa shape index (κ1) is 28.1. The molecular weight excluding hydrogens is 492 g/mol. The number of ether oxygens (including phenoxy) is 1. The summed E-state index contributed by atoms with van der Waals surface area (Å²) in [5, 5.41) is 3.20. The number of aromatic nitrogens is 1. The van der Waals surface area contributed by atoms with Crippen LogP contribution in [-0.4, -0.2) is 46.3 Å². The maximum Gasteiger partial charge on any atom is 0.254 e. The molecule has 1 aromatic heterocycles. The number of nitrogens with one attached hydrogen (secondary N) is 1. The van der Waals surface area contributed by atoms with Crippen LogP contribution in [0.25, 0.3) is 0 Å². The Morgan fingerprint density at radius 3 is 2.41 bits per heavy atom. The number of benzene rings is 1. The number of carbonyl (C=O) groups excluding carboxylic acids is 3. The van der Waals surface area contributed by atoms with E-state index >= 15 is 0 Å². The van der Waals surface area contributed by atoms with E-state index in [2.05, 4.69) is 44.2 Å². The third kappa shape index (κ3) is 6.21. The Morgan fingerprint density at radius 2 is 1.82 bits per heavy atom. The second-order valence-corrected chi connectivity index (χ2v) is 11.2. The number of hydrogen-bond acceptors (Lipinski definition) is 5. The molecule has 206 valence electrons. The molecule has 8 heteroatoms. The molecule has 1 aromatic carbocycles. The molecule has 2 aromatic rings. The van der Waals surface area contributed by atoms with Gasteiger partial charge in [0.2, 0.25) is 5.91 Å². The van der Waals surface area contributed by atoms with Crippen molar-refractivity contribution in [2.24, 2.45) is 0 Å². The monoisotopic (exact) mass is 530 g/mol. The van der Waals surface area contributed by atoms with E-state index in [1.165, 1.54) is 9.80 Å². The van der Waals surface area contributed by atoms with Crippen LogP contribution in [0.4, 0.5) is 5.69 Å². The third-order valence-electron chi connectivity index (χ3n) is 7.39. The summed E-state index contributed by atoms with van der Waals surface area (Å²) >= 11 is 0. The SMILES string of the molecule is C=CC(=O)N1C(=C)OCC1C(=O)N(c1ccc(C(C)(C)C)cc1)C(C(=O)NC1CCCCC1)c1cccnc1. The molecule has 2 unspecified atom stereocenters. The molecule has 0 bridgehead atoms. The van der Waals surface area contributed by atoms with Crippen LogP contribution in [0.1, 0.15) is 70.0 Å². The summed E-state index contributed by atoms with van der Waals surface area (Å²) in [6.07, 6.45) is 9.42. The van der Waals surface area contributed by atoms with Gasteiger partial charge in [0.25, 0.3) is 11.8 Å². The fourth-order valence-electron chi connectivity index (χ4n) is 5.22. The van der Waals surface area contributed by atoms with Gasteiger partial charge in [-0.3, -0.25) is 29.2 Å². The topological polar surface area (TPSA) is 91.8 Å². The Morgan fingerprint density at radius 1 is 1.13 bits per heavy atom. The van der Waals surface area contributed by atoms with Gasteiger partial charge >= 0.3 is 0 Å². The Balaban J connectivity index is 1.81. The van der Waals surface area contributed by atoms with E-state index < -0.39 is 23.9 Å². The maximum absolute atomic E-state index is 14.4. The van der Waals surface area contributed by atoms with Crippen molar-refractivity contribution in [1.29, 1.82) is 0 Å². The molecule has 2 fully saturated rings. The van der Waals surface area contributed by atoms with Crippen LogP contribution in [-0.2, 0) is 24.5 Å². The summed E-state index contributed by atoms with van der Waals surface area (Å²) in [5.74, 6) is -1.17. The van der Waals surface area contributed by atoms with Gasteiger partial charge in [0.05, 0.1) is 0 Å². The summed E-state index contributed by atoms with van der Waals surface area (Å²) in [4.78, 5) is 48.0. The quantitative estimate of drug-likeness (QED) is 0.520. The van der Waals surface area contributed by atoms with Crippen LogP contribution in [0.3, 0.4) is 0 Å². The second-order valence-electron chi connectivity index (χ2n) is 11.2. The molecule has 2 heterocycles. The summed E-state index contributed by atoms with van der Waals surface area (Å²) in [5.41, 5.74) is 2.09. The van der Waals surface area contributed by atoms with Gasteiger partial charge in [-0.1, -0.05) is 64.8 Å². The average Bonchev–Trinajstić information content (AvgIpc) is 3.32. The van der Waals surface area contributed by atoms with E-state index in [9.17, 15) is 14.4 Å². The van der Waals surface area contributed by atoms with E-state index in [1.54, 1.807) is 24.5 Å². The molecule has 8 nitrogen and oxygen atoms in total. The van der Waals surface area contributed by atoms with Crippen molar-refractivity contribution in [3.05, 3.63) is 85.0 Å². The zero-order valence-electron chi connectivity index (χ0n) is 23.1. The number of rotatable bonds is 7. The summed E-state index contributed by atoms with van der Waals surface area (Å²) in [6, 6.07) is 9.18. The zero-order valence-corrected chi connectivity index (χ0v) is 23.1. The van der Waals surface area contributed by atoms with Gasteiger partial charge in [0.15, 0.2) is 11.9 Å². The largest absolute Gasteiger partial charge is 0.476 e. The van der Waals surface area contributed by atoms with Crippen molar-refractivity contribution in [2.75, 3.05) is 11.5 Å². The van der Waals surface area contributed by atoms with Crippen LogP contribution >= 0.6 is 0 Å². The molecule has 1 saturated carbocycles. The minimum Gasteiger partial charge on any atom is -0.476 e. The molecule has 2 aliphatic rings. The highest BCUT2D eigenvalue weighted by molar-refractivity contribution is 6.06. The fraction of sp³-hybridized carbons (Fsp3) is 0.419. The predicted molar refractivity (Wildman–Crippen MR) is 151 cm³/mol. The highest BCUT2D eigenvalue weighted by Gasteiger charge is 2.44. The molecule has 1 saturated heterocycles. The van der Waals surface area contributed by atoms with Crippen LogP contribution in [0.15, 0.2) is 73.9 Å². The Hall–Kier alpha value is -3.94. The van der Waals surface area contributed by atoms with Gasteiger partial charge in [0, 0.05) is 29.7 Å². The Bertz CT molecular complexity index is 1210. The van der Waals surface area contributed by atoms with Crippen LogP contribution in [0.2, 0.25) is 0 Å². The number of amides is 3. The van der Waals surface area contributed by atoms with Crippen molar-refractivity contribution < 1.29 is 19.1 Å². The number of carbonyl (C=O) groups is 3. The first-order valence-electron chi connectivity index (χ1n) is 13.5. The molecule has 1 aliphatic carbocycles. The van der Waals surface area contributed by atoms with Crippen molar-refractivity contribution >= 4 is 23.4 Å². The number of hydrogen-bond donors (Lipinski definition) is 1. The summed E-state index contributed by atoms with van der Waals surface area (Å²) < 4.78 is 5.54. The van der Waals surface area contributed by atoms with Crippen LogP contribution in [0, 0.1) is 0 Å². The first-order valence-corrected chi connectivity index (χ1v) is 13.5. The fourth-order valence-corrected chi connectivity index (χ4v) is 5.22. The van der Waals surface area contributed by atoms with Crippen molar-refractivity contribution in [3.8, 4) is 0 Å². The molecule has 3 amide bonds. The van der Waals surface area contributed by atoms with Gasteiger partial charge in [0.1, 0.15) is 12.6 Å². The second kappa shape index (κ2) is 11.8. The Kier molecular flexibility index (Phi) is 8.53. The van der Waals surface area contributed by atoms with Crippen molar-refractivity contribution in [1.82, 2.24) is 15.2 Å². The standard InChI is InChI=1S/C31H38N4O4/c1-6-27(36)34-21(2)39-20-26(34)30(38)35(25-16-14-23(15-17-25)31(3,4)5)28(22-11-10-18-32-19-22)29(37)33-24-12-8-7-9-13-24/h6,10-11,14-19,24,26,28H,1-2,7-9,12-13,20H2,3-5H3,(H,33,37). The molecule has 1 aliphatic heterocycles. The van der Waals surface area contributed by atoms with Gasteiger partial charge < -0.3 is 10.1 Å². The molecule has 0 spiro atoms. The van der Waals surface area contributed by atoms with Gasteiger partial charge in [-0.05, 0) is 54.7 Å². The summed E-state index contributed by atoms with van der Waals surface area (Å²) in [7, 11) is 0. The van der Waals surface area contributed by atoms with Crippen molar-refractivity contribution in [3.63, 3.8) is 0 Å². The van der Waals surface area contributed by atoms with E-state index in [4.69, 9.17) is 4.74 Å². The molecule has 2 atom stereocenters. The van der Waals surface area contributed by atoms with Gasteiger partial charge in [-0.25, -0.2) is 0 Å². The van der Waals surface area contributed by atoms with Crippen LogP contribution < -0.4 is 10.2 Å². The number of anilines is 1.